The molecular weight excluding hydrogens is 472 g/mol. The summed E-state index contributed by atoms with van der Waals surface area (Å²) in [6, 6.07) is 15.3. The molecule has 0 radical (unpaired) electrons. The molecule has 0 bridgehead atoms. The van der Waals surface area contributed by atoms with Gasteiger partial charge in [0.2, 0.25) is 0 Å². The van der Waals surface area contributed by atoms with Crippen LogP contribution in [0.25, 0.3) is 11.1 Å². The van der Waals surface area contributed by atoms with Crippen molar-refractivity contribution in [3.05, 3.63) is 83.4 Å². The van der Waals surface area contributed by atoms with E-state index in [0.717, 1.165) is 6.07 Å². The zero-order chi connectivity index (χ0) is 26.0. The molecule has 0 spiro atoms. The van der Waals surface area contributed by atoms with Crippen LogP contribution in [0.5, 0.6) is 0 Å². The second-order valence-electron chi connectivity index (χ2n) is 8.57. The highest BCUT2D eigenvalue weighted by Crippen LogP contribution is 2.42. The molecule has 2 N–H and O–H groups in total. The van der Waals surface area contributed by atoms with Crippen LogP contribution in [0.15, 0.2) is 66.7 Å². The van der Waals surface area contributed by atoms with Crippen molar-refractivity contribution in [3.8, 4) is 11.1 Å². The number of carboxylic acid groups (broad SMARTS) is 1. The standard InChI is InChI=1S/C26H23F6NO2/c1-15(2)12-21(24(34)35)19-10-8-17(13-20(19)16-6-4-3-5-7-16)33-18-9-11-22(25(27,28)29)23(14-18)26(30,31)32/h3-11,13-15,21,33H,12H2,1-2H3,(H,34,35). The molecule has 0 saturated carbocycles. The number of halogens is 6. The zero-order valence-electron chi connectivity index (χ0n) is 18.8. The van der Waals surface area contributed by atoms with Crippen LogP contribution in [-0.4, -0.2) is 11.1 Å². The summed E-state index contributed by atoms with van der Waals surface area (Å²) in [4.78, 5) is 12.0. The van der Waals surface area contributed by atoms with Gasteiger partial charge in [0.05, 0.1) is 17.0 Å². The fourth-order valence-corrected chi connectivity index (χ4v) is 3.91. The van der Waals surface area contributed by atoms with Gasteiger partial charge in [-0.25, -0.2) is 0 Å². The van der Waals surface area contributed by atoms with Crippen LogP contribution in [-0.2, 0) is 17.1 Å². The molecule has 186 valence electrons. The lowest BCUT2D eigenvalue weighted by molar-refractivity contribution is -0.162. The van der Waals surface area contributed by atoms with Gasteiger partial charge in [0, 0.05) is 11.4 Å². The van der Waals surface area contributed by atoms with Gasteiger partial charge in [-0.3, -0.25) is 4.79 Å². The summed E-state index contributed by atoms with van der Waals surface area (Å²) in [5, 5.41) is 12.6. The minimum atomic E-state index is -5.20. The van der Waals surface area contributed by atoms with Crippen LogP contribution in [0.2, 0.25) is 0 Å². The molecule has 3 rings (SSSR count). The third kappa shape index (κ3) is 6.35. The Kier molecular flexibility index (Phi) is 7.47. The Bertz CT molecular complexity index is 1190. The summed E-state index contributed by atoms with van der Waals surface area (Å²) in [6.45, 7) is 3.80. The van der Waals surface area contributed by atoms with Crippen molar-refractivity contribution in [2.24, 2.45) is 5.92 Å². The van der Waals surface area contributed by atoms with E-state index in [1.807, 2.05) is 13.8 Å². The van der Waals surface area contributed by atoms with Crippen LogP contribution in [0.3, 0.4) is 0 Å². The average Bonchev–Trinajstić information content (AvgIpc) is 2.76. The minimum Gasteiger partial charge on any atom is -0.481 e. The minimum absolute atomic E-state index is 0.0884. The Morgan fingerprint density at radius 3 is 1.94 bits per heavy atom. The number of hydrogen-bond acceptors (Lipinski definition) is 2. The SMILES string of the molecule is CC(C)CC(C(=O)O)c1ccc(Nc2ccc(C(F)(F)F)c(C(F)(F)F)c2)cc1-c1ccccc1. The van der Waals surface area contributed by atoms with Gasteiger partial charge in [-0.15, -0.1) is 0 Å². The van der Waals surface area contributed by atoms with Crippen LogP contribution in [0, 0.1) is 5.92 Å². The summed E-state index contributed by atoms with van der Waals surface area (Å²) < 4.78 is 79.2. The highest BCUT2D eigenvalue weighted by Gasteiger charge is 2.43. The summed E-state index contributed by atoms with van der Waals surface area (Å²) in [5.74, 6) is -1.73. The number of carboxylic acids is 1. The normalized spacial score (nSPS) is 13.1. The van der Waals surface area contributed by atoms with Gasteiger partial charge in [0.25, 0.3) is 0 Å². The molecule has 0 amide bonds. The summed E-state index contributed by atoms with van der Waals surface area (Å²) >= 11 is 0. The maximum Gasteiger partial charge on any atom is 0.417 e. The summed E-state index contributed by atoms with van der Waals surface area (Å²) in [5.41, 5.74) is -1.66. The molecule has 3 nitrogen and oxygen atoms in total. The van der Waals surface area contributed by atoms with E-state index in [2.05, 4.69) is 5.32 Å². The molecule has 0 aliphatic carbocycles. The number of benzene rings is 3. The highest BCUT2D eigenvalue weighted by molar-refractivity contribution is 5.83. The molecule has 35 heavy (non-hydrogen) atoms. The van der Waals surface area contributed by atoms with E-state index in [1.54, 1.807) is 42.5 Å². The van der Waals surface area contributed by atoms with Gasteiger partial charge in [-0.1, -0.05) is 50.2 Å². The van der Waals surface area contributed by atoms with E-state index in [0.29, 0.717) is 40.9 Å². The van der Waals surface area contributed by atoms with Crippen molar-refractivity contribution >= 4 is 17.3 Å². The Balaban J connectivity index is 2.08. The second-order valence-corrected chi connectivity index (χ2v) is 8.57. The molecular formula is C26H23F6NO2. The van der Waals surface area contributed by atoms with E-state index >= 15 is 0 Å². The molecule has 1 unspecified atom stereocenters. The van der Waals surface area contributed by atoms with E-state index in [4.69, 9.17) is 0 Å². The van der Waals surface area contributed by atoms with Crippen molar-refractivity contribution < 1.29 is 36.2 Å². The number of aliphatic carboxylic acids is 1. The van der Waals surface area contributed by atoms with Gasteiger partial charge in [0.15, 0.2) is 0 Å². The molecule has 0 fully saturated rings. The maximum atomic E-state index is 13.3. The lowest BCUT2D eigenvalue weighted by Crippen LogP contribution is -2.16. The first-order chi connectivity index (χ1) is 16.3. The van der Waals surface area contributed by atoms with Crippen molar-refractivity contribution in [3.63, 3.8) is 0 Å². The van der Waals surface area contributed by atoms with Gasteiger partial charge < -0.3 is 10.4 Å². The third-order valence-electron chi connectivity index (χ3n) is 5.44. The fourth-order valence-electron chi connectivity index (χ4n) is 3.91. The molecule has 0 aromatic heterocycles. The van der Waals surface area contributed by atoms with Crippen molar-refractivity contribution in [2.45, 2.75) is 38.5 Å². The lowest BCUT2D eigenvalue weighted by atomic mass is 9.85. The monoisotopic (exact) mass is 495 g/mol. The number of alkyl halides is 6. The van der Waals surface area contributed by atoms with Crippen molar-refractivity contribution in [1.29, 1.82) is 0 Å². The fraction of sp³-hybridized carbons (Fsp3) is 0.269. The average molecular weight is 495 g/mol. The Morgan fingerprint density at radius 2 is 1.40 bits per heavy atom. The van der Waals surface area contributed by atoms with Crippen molar-refractivity contribution in [1.82, 2.24) is 0 Å². The van der Waals surface area contributed by atoms with Gasteiger partial charge in [-0.2, -0.15) is 26.3 Å². The van der Waals surface area contributed by atoms with E-state index < -0.39 is 35.4 Å². The quantitative estimate of drug-likeness (QED) is 0.324. The lowest BCUT2D eigenvalue weighted by Gasteiger charge is -2.21. The Hall–Kier alpha value is -3.49. The number of carbonyl (C=O) groups is 1. The predicted molar refractivity (Wildman–Crippen MR) is 121 cm³/mol. The topological polar surface area (TPSA) is 49.3 Å². The highest BCUT2D eigenvalue weighted by atomic mass is 19.4. The Labute approximate surface area is 198 Å². The number of hydrogen-bond donors (Lipinski definition) is 2. The van der Waals surface area contributed by atoms with E-state index in [9.17, 15) is 36.2 Å². The largest absolute Gasteiger partial charge is 0.481 e. The van der Waals surface area contributed by atoms with E-state index in [-0.39, 0.29) is 11.6 Å². The van der Waals surface area contributed by atoms with Crippen LogP contribution in [0.1, 0.15) is 42.9 Å². The number of nitrogens with one attached hydrogen (secondary N) is 1. The van der Waals surface area contributed by atoms with Crippen LogP contribution < -0.4 is 5.32 Å². The number of rotatable bonds is 7. The molecule has 0 aliphatic rings. The van der Waals surface area contributed by atoms with Gasteiger partial charge >= 0.3 is 18.3 Å². The third-order valence-corrected chi connectivity index (χ3v) is 5.44. The van der Waals surface area contributed by atoms with E-state index in [1.165, 1.54) is 6.07 Å². The number of anilines is 2. The second kappa shape index (κ2) is 10.0. The van der Waals surface area contributed by atoms with Crippen LogP contribution >= 0.6 is 0 Å². The molecule has 0 heterocycles. The first-order valence-corrected chi connectivity index (χ1v) is 10.7. The van der Waals surface area contributed by atoms with Crippen molar-refractivity contribution in [2.75, 3.05) is 5.32 Å². The molecule has 1 atom stereocenters. The smallest absolute Gasteiger partial charge is 0.417 e. The molecule has 3 aromatic rings. The summed E-state index contributed by atoms with van der Waals surface area (Å²) in [6.07, 6.45) is -9.99. The van der Waals surface area contributed by atoms with Gasteiger partial charge in [-0.05, 0) is 59.4 Å². The molecule has 3 aromatic carbocycles. The predicted octanol–water partition coefficient (Wildman–Crippen LogP) is 8.35. The molecule has 0 saturated heterocycles. The van der Waals surface area contributed by atoms with Crippen LogP contribution in [0.4, 0.5) is 37.7 Å². The molecule has 0 aliphatic heterocycles. The molecule has 9 heteroatoms. The van der Waals surface area contributed by atoms with Gasteiger partial charge in [0.1, 0.15) is 0 Å². The maximum absolute atomic E-state index is 13.3. The Morgan fingerprint density at radius 1 is 0.829 bits per heavy atom. The zero-order valence-corrected chi connectivity index (χ0v) is 18.8. The first kappa shape index (κ1) is 26.1. The first-order valence-electron chi connectivity index (χ1n) is 10.7. The summed E-state index contributed by atoms with van der Waals surface area (Å²) in [7, 11) is 0.